The second kappa shape index (κ2) is 9.42. The van der Waals surface area contributed by atoms with E-state index in [0.717, 1.165) is 35.1 Å². The average Bonchev–Trinajstić information content (AvgIpc) is 3.05. The summed E-state index contributed by atoms with van der Waals surface area (Å²) in [5, 5.41) is 19.0. The lowest BCUT2D eigenvalue weighted by Gasteiger charge is -2.11. The van der Waals surface area contributed by atoms with Gasteiger partial charge in [-0.05, 0) is 30.5 Å². The van der Waals surface area contributed by atoms with Gasteiger partial charge in [0, 0.05) is 17.7 Å². The molecule has 3 aromatic rings. The minimum absolute atomic E-state index is 0.599. The third kappa shape index (κ3) is 4.66. The molecule has 0 aliphatic rings. The van der Waals surface area contributed by atoms with Crippen LogP contribution in [0.15, 0.2) is 59.8 Å². The van der Waals surface area contributed by atoms with Gasteiger partial charge in [-0.15, -0.1) is 10.2 Å². The van der Waals surface area contributed by atoms with E-state index in [4.69, 9.17) is 16.9 Å². The van der Waals surface area contributed by atoms with E-state index < -0.39 is 0 Å². The predicted octanol–water partition coefficient (Wildman–Crippen LogP) is 5.43. The van der Waals surface area contributed by atoms with Crippen molar-refractivity contribution in [2.24, 2.45) is 0 Å². The quantitative estimate of drug-likeness (QED) is 0.385. The third-order valence-electron chi connectivity index (χ3n) is 3.93. The van der Waals surface area contributed by atoms with Crippen molar-refractivity contribution in [1.82, 2.24) is 14.8 Å². The van der Waals surface area contributed by atoms with Crippen molar-refractivity contribution >= 4 is 23.4 Å². The molecule has 0 amide bonds. The molecule has 1 aromatic heterocycles. The lowest BCUT2D eigenvalue weighted by atomic mass is 10.2. The van der Waals surface area contributed by atoms with Gasteiger partial charge in [-0.2, -0.15) is 5.26 Å². The Morgan fingerprint density at radius 3 is 2.54 bits per heavy atom. The monoisotopic (exact) mass is 382 g/mol. The Morgan fingerprint density at radius 1 is 1.00 bits per heavy atom. The van der Waals surface area contributed by atoms with Gasteiger partial charge in [0.25, 0.3) is 0 Å². The van der Waals surface area contributed by atoms with Crippen LogP contribution in [0.2, 0.25) is 5.02 Å². The number of nitriles is 1. The summed E-state index contributed by atoms with van der Waals surface area (Å²) in [7, 11) is 0. The zero-order valence-electron chi connectivity index (χ0n) is 14.3. The van der Waals surface area contributed by atoms with E-state index in [9.17, 15) is 0 Å². The number of benzene rings is 2. The number of unbranched alkanes of at least 4 members (excludes halogenated alkanes) is 2. The van der Waals surface area contributed by atoms with E-state index >= 15 is 0 Å². The summed E-state index contributed by atoms with van der Waals surface area (Å²) in [6.07, 6.45) is 2.49. The predicted molar refractivity (Wildman–Crippen MR) is 106 cm³/mol. The molecule has 0 N–H and O–H groups in total. The van der Waals surface area contributed by atoms with Crippen molar-refractivity contribution in [2.45, 2.75) is 31.0 Å². The van der Waals surface area contributed by atoms with Gasteiger partial charge < -0.3 is 0 Å². The highest BCUT2D eigenvalue weighted by atomic mass is 35.5. The molecular weight excluding hydrogens is 364 g/mol. The summed E-state index contributed by atoms with van der Waals surface area (Å²) < 4.78 is 2.12. The highest BCUT2D eigenvalue weighted by Crippen LogP contribution is 2.30. The Morgan fingerprint density at radius 2 is 1.77 bits per heavy atom. The molecule has 0 saturated carbocycles. The maximum Gasteiger partial charge on any atom is 0.191 e. The van der Waals surface area contributed by atoms with Crippen molar-refractivity contribution in [3.8, 4) is 17.5 Å². The number of hydrogen-bond acceptors (Lipinski definition) is 4. The van der Waals surface area contributed by atoms with Crippen molar-refractivity contribution in [3.63, 3.8) is 0 Å². The Bertz CT molecular complexity index is 886. The van der Waals surface area contributed by atoms with Crippen molar-refractivity contribution in [3.05, 3.63) is 65.2 Å². The lowest BCUT2D eigenvalue weighted by Crippen LogP contribution is -2.04. The summed E-state index contributed by atoms with van der Waals surface area (Å²) in [4.78, 5) is 0. The Balaban J connectivity index is 1.87. The second-order valence-electron chi connectivity index (χ2n) is 5.82. The largest absolute Gasteiger partial charge is 0.298 e. The van der Waals surface area contributed by atoms with Crippen LogP contribution >= 0.6 is 23.4 Å². The summed E-state index contributed by atoms with van der Waals surface area (Å²) in [5.41, 5.74) is 2.07. The van der Waals surface area contributed by atoms with Crippen LogP contribution in [-0.4, -0.2) is 20.5 Å². The van der Waals surface area contributed by atoms with E-state index in [1.807, 2.05) is 42.5 Å². The van der Waals surface area contributed by atoms with Crippen LogP contribution in [0.1, 0.15) is 24.8 Å². The SMILES string of the molecule is N#CCCCCSc1nnc(-c2ccccc2Cl)n1Cc1ccccc1. The van der Waals surface area contributed by atoms with Gasteiger partial charge in [-0.3, -0.25) is 4.57 Å². The molecule has 4 nitrogen and oxygen atoms in total. The molecule has 132 valence electrons. The van der Waals surface area contributed by atoms with Gasteiger partial charge in [-0.25, -0.2) is 0 Å². The van der Waals surface area contributed by atoms with Crippen LogP contribution in [0.25, 0.3) is 11.4 Å². The van der Waals surface area contributed by atoms with Crippen molar-refractivity contribution in [2.75, 3.05) is 5.75 Å². The summed E-state index contributed by atoms with van der Waals surface area (Å²) in [6, 6.07) is 20.1. The number of hydrogen-bond donors (Lipinski definition) is 0. The molecule has 3 rings (SSSR count). The molecule has 0 radical (unpaired) electrons. The minimum Gasteiger partial charge on any atom is -0.298 e. The standard InChI is InChI=1S/C20H19ClN4S/c21-18-12-6-5-11-17(18)19-23-24-20(26-14-8-2-7-13-22)25(19)15-16-9-3-1-4-10-16/h1,3-6,9-12H,2,7-8,14-15H2. The number of aromatic nitrogens is 3. The van der Waals surface area contributed by atoms with Gasteiger partial charge in [0.2, 0.25) is 0 Å². The Kier molecular flexibility index (Phi) is 6.70. The zero-order valence-corrected chi connectivity index (χ0v) is 15.9. The molecule has 26 heavy (non-hydrogen) atoms. The molecule has 6 heteroatoms. The molecule has 0 saturated heterocycles. The van der Waals surface area contributed by atoms with Crippen LogP contribution in [-0.2, 0) is 6.54 Å². The van der Waals surface area contributed by atoms with E-state index in [2.05, 4.69) is 33.0 Å². The molecule has 0 bridgehead atoms. The molecule has 0 fully saturated rings. The number of rotatable bonds is 8. The number of halogens is 1. The summed E-state index contributed by atoms with van der Waals surface area (Å²) >= 11 is 8.06. The van der Waals surface area contributed by atoms with Crippen LogP contribution in [0, 0.1) is 11.3 Å². The fraction of sp³-hybridized carbons (Fsp3) is 0.250. The van der Waals surface area contributed by atoms with E-state index in [-0.39, 0.29) is 0 Å². The average molecular weight is 383 g/mol. The van der Waals surface area contributed by atoms with Gasteiger partial charge >= 0.3 is 0 Å². The zero-order chi connectivity index (χ0) is 18.2. The highest BCUT2D eigenvalue weighted by molar-refractivity contribution is 7.99. The maximum atomic E-state index is 8.65. The molecule has 1 heterocycles. The van der Waals surface area contributed by atoms with E-state index in [0.29, 0.717) is 18.0 Å². The molecular formula is C20H19ClN4S. The fourth-order valence-corrected chi connectivity index (χ4v) is 3.77. The Hall–Kier alpha value is -2.29. The van der Waals surface area contributed by atoms with E-state index in [1.165, 1.54) is 5.56 Å². The first-order chi connectivity index (χ1) is 12.8. The second-order valence-corrected chi connectivity index (χ2v) is 7.29. The Labute approximate surface area is 162 Å². The summed E-state index contributed by atoms with van der Waals surface area (Å²) in [5.74, 6) is 1.69. The van der Waals surface area contributed by atoms with E-state index in [1.54, 1.807) is 11.8 Å². The molecule has 0 aliphatic carbocycles. The molecule has 0 unspecified atom stereocenters. The molecule has 0 spiro atoms. The van der Waals surface area contributed by atoms with Crippen molar-refractivity contribution < 1.29 is 0 Å². The van der Waals surface area contributed by atoms with Crippen LogP contribution in [0.3, 0.4) is 0 Å². The first-order valence-corrected chi connectivity index (χ1v) is 9.87. The van der Waals surface area contributed by atoms with Crippen molar-refractivity contribution in [1.29, 1.82) is 5.26 Å². The highest BCUT2D eigenvalue weighted by Gasteiger charge is 2.16. The first kappa shape index (κ1) is 18.5. The summed E-state index contributed by atoms with van der Waals surface area (Å²) in [6.45, 7) is 0.689. The normalized spacial score (nSPS) is 10.6. The van der Waals surface area contributed by atoms with Gasteiger partial charge in [-0.1, -0.05) is 65.8 Å². The van der Waals surface area contributed by atoms with Gasteiger partial charge in [0.15, 0.2) is 11.0 Å². The van der Waals surface area contributed by atoms with Crippen LogP contribution in [0.4, 0.5) is 0 Å². The minimum atomic E-state index is 0.599. The molecule has 2 aromatic carbocycles. The van der Waals surface area contributed by atoms with Crippen LogP contribution < -0.4 is 0 Å². The first-order valence-electron chi connectivity index (χ1n) is 8.51. The van der Waals surface area contributed by atoms with Crippen LogP contribution in [0.5, 0.6) is 0 Å². The maximum absolute atomic E-state index is 8.65. The smallest absolute Gasteiger partial charge is 0.191 e. The topological polar surface area (TPSA) is 54.5 Å². The number of nitrogens with zero attached hydrogens (tertiary/aromatic N) is 4. The van der Waals surface area contributed by atoms with Gasteiger partial charge in [0.1, 0.15) is 0 Å². The lowest BCUT2D eigenvalue weighted by molar-refractivity contribution is 0.713. The molecule has 0 aliphatic heterocycles. The number of thioether (sulfide) groups is 1. The third-order valence-corrected chi connectivity index (χ3v) is 5.31. The van der Waals surface area contributed by atoms with Gasteiger partial charge in [0.05, 0.1) is 17.6 Å². The fourth-order valence-electron chi connectivity index (χ4n) is 2.62. The molecule has 0 atom stereocenters.